The zero-order valence-corrected chi connectivity index (χ0v) is 13.4. The van der Waals surface area contributed by atoms with Crippen LogP contribution in [0.2, 0.25) is 5.15 Å². The van der Waals surface area contributed by atoms with Crippen LogP contribution in [0.25, 0.3) is 0 Å². The molecule has 23 heavy (non-hydrogen) atoms. The van der Waals surface area contributed by atoms with E-state index in [-0.39, 0.29) is 5.54 Å². The van der Waals surface area contributed by atoms with Gasteiger partial charge in [0.25, 0.3) is 0 Å². The molecule has 1 aromatic heterocycles. The largest absolute Gasteiger partial charge is 0.478 e. The van der Waals surface area contributed by atoms with Crippen molar-refractivity contribution < 1.29 is 19.8 Å². The number of aromatic nitrogens is 2. The van der Waals surface area contributed by atoms with Crippen LogP contribution in [0.15, 0.2) is 24.5 Å². The minimum atomic E-state index is -1.26. The van der Waals surface area contributed by atoms with Crippen LogP contribution in [0.3, 0.4) is 0 Å². The number of nitrogens with zero attached hydrogens (tertiary/aromatic N) is 3. The summed E-state index contributed by atoms with van der Waals surface area (Å²) in [4.78, 5) is 29.5. The molecule has 0 unspecified atom stereocenters. The van der Waals surface area contributed by atoms with Crippen molar-refractivity contribution in [3.05, 3.63) is 29.7 Å². The Kier molecular flexibility index (Phi) is 6.92. The Morgan fingerprint density at radius 3 is 2.22 bits per heavy atom. The summed E-state index contributed by atoms with van der Waals surface area (Å²) in [5, 5.41) is 16.1. The summed E-state index contributed by atoms with van der Waals surface area (Å²) in [5.41, 5.74) is 6.02. The summed E-state index contributed by atoms with van der Waals surface area (Å²) in [6.07, 6.45) is 6.35. The van der Waals surface area contributed by atoms with Crippen LogP contribution in [-0.4, -0.2) is 50.7 Å². The molecule has 0 aliphatic carbocycles. The lowest BCUT2D eigenvalue weighted by Crippen LogP contribution is -2.48. The average molecular weight is 343 g/mol. The Balaban J connectivity index is 0.000000284. The van der Waals surface area contributed by atoms with Gasteiger partial charge in [-0.2, -0.15) is 0 Å². The van der Waals surface area contributed by atoms with Crippen LogP contribution >= 0.6 is 11.6 Å². The van der Waals surface area contributed by atoms with E-state index in [0.717, 1.165) is 31.7 Å². The summed E-state index contributed by atoms with van der Waals surface area (Å²) in [7, 11) is 0. The van der Waals surface area contributed by atoms with E-state index in [2.05, 4.69) is 21.8 Å². The first-order chi connectivity index (χ1) is 10.7. The molecule has 1 saturated heterocycles. The molecule has 1 aliphatic heterocycles. The van der Waals surface area contributed by atoms with Gasteiger partial charge < -0.3 is 20.8 Å². The average Bonchev–Trinajstić information content (AvgIpc) is 2.46. The number of aliphatic carboxylic acids is 2. The van der Waals surface area contributed by atoms with E-state index < -0.39 is 11.9 Å². The molecule has 0 saturated carbocycles. The molecule has 1 aliphatic rings. The zero-order valence-electron chi connectivity index (χ0n) is 12.6. The fourth-order valence-corrected chi connectivity index (χ4v) is 2.02. The highest BCUT2D eigenvalue weighted by Crippen LogP contribution is 2.23. The number of carboxylic acids is 2. The summed E-state index contributed by atoms with van der Waals surface area (Å²) >= 11 is 5.80. The Labute approximate surface area is 138 Å². The molecule has 2 heterocycles. The van der Waals surface area contributed by atoms with E-state index in [1.807, 2.05) is 0 Å². The molecule has 0 atom stereocenters. The monoisotopic (exact) mass is 342 g/mol. The molecule has 2 rings (SSSR count). The maximum Gasteiger partial charge on any atom is 0.328 e. The fourth-order valence-electron chi connectivity index (χ4n) is 1.87. The van der Waals surface area contributed by atoms with Gasteiger partial charge in [0.2, 0.25) is 0 Å². The van der Waals surface area contributed by atoms with Crippen LogP contribution in [0, 0.1) is 0 Å². The highest BCUT2D eigenvalue weighted by molar-refractivity contribution is 6.29. The molecule has 1 aromatic rings. The number of hydrogen-bond donors (Lipinski definition) is 3. The van der Waals surface area contributed by atoms with E-state index in [1.54, 1.807) is 12.4 Å². The van der Waals surface area contributed by atoms with Gasteiger partial charge in [0.1, 0.15) is 11.0 Å². The molecule has 1 fully saturated rings. The van der Waals surface area contributed by atoms with Gasteiger partial charge >= 0.3 is 11.9 Å². The molecule has 0 aromatic carbocycles. The standard InChI is InChI=1S/C10H15ClN4.C4H4O4/c1-10(12)2-4-15(5-3-10)9-7-13-6-8(11)14-9;5-3(6)1-2-4(7)8/h6-7H,2-5,12H2,1H3;1-2H,(H,5,6)(H,7,8). The summed E-state index contributed by atoms with van der Waals surface area (Å²) < 4.78 is 0. The van der Waals surface area contributed by atoms with Gasteiger partial charge in [-0.25, -0.2) is 14.6 Å². The predicted molar refractivity (Wildman–Crippen MR) is 85.5 cm³/mol. The summed E-state index contributed by atoms with van der Waals surface area (Å²) in [6, 6.07) is 0. The van der Waals surface area contributed by atoms with E-state index >= 15 is 0 Å². The van der Waals surface area contributed by atoms with Gasteiger partial charge in [0.15, 0.2) is 0 Å². The summed E-state index contributed by atoms with van der Waals surface area (Å²) in [6.45, 7) is 3.93. The normalized spacial score (nSPS) is 16.6. The van der Waals surface area contributed by atoms with Gasteiger partial charge in [0, 0.05) is 30.8 Å². The molecule has 4 N–H and O–H groups in total. The van der Waals surface area contributed by atoms with Crippen LogP contribution in [0.4, 0.5) is 5.82 Å². The Morgan fingerprint density at radius 1 is 1.26 bits per heavy atom. The molecule has 126 valence electrons. The number of piperidine rings is 1. The highest BCUT2D eigenvalue weighted by Gasteiger charge is 2.26. The first-order valence-electron chi connectivity index (χ1n) is 6.85. The molecular weight excluding hydrogens is 324 g/mol. The van der Waals surface area contributed by atoms with Crippen molar-refractivity contribution in [1.29, 1.82) is 0 Å². The third kappa shape index (κ3) is 7.57. The van der Waals surface area contributed by atoms with Gasteiger partial charge in [-0.3, -0.25) is 4.98 Å². The van der Waals surface area contributed by atoms with E-state index in [1.165, 1.54) is 0 Å². The second-order valence-electron chi connectivity index (χ2n) is 5.35. The molecule has 0 radical (unpaired) electrons. The molecule has 0 bridgehead atoms. The van der Waals surface area contributed by atoms with Crippen LogP contribution in [0.1, 0.15) is 19.8 Å². The van der Waals surface area contributed by atoms with Crippen molar-refractivity contribution in [3.63, 3.8) is 0 Å². The Morgan fingerprint density at radius 2 is 1.78 bits per heavy atom. The van der Waals surface area contributed by atoms with Gasteiger partial charge in [0.05, 0.1) is 12.4 Å². The van der Waals surface area contributed by atoms with Gasteiger partial charge in [-0.1, -0.05) is 11.6 Å². The number of carboxylic acid groups (broad SMARTS) is 2. The lowest BCUT2D eigenvalue weighted by atomic mass is 9.91. The van der Waals surface area contributed by atoms with Crippen molar-refractivity contribution in [2.45, 2.75) is 25.3 Å². The topological polar surface area (TPSA) is 130 Å². The minimum Gasteiger partial charge on any atom is -0.478 e. The Hall–Kier alpha value is -2.19. The first-order valence-corrected chi connectivity index (χ1v) is 7.23. The zero-order chi connectivity index (χ0) is 17.5. The number of anilines is 1. The van der Waals surface area contributed by atoms with Gasteiger partial charge in [-0.05, 0) is 19.8 Å². The number of carbonyl (C=O) groups is 2. The molecular formula is C14H19ClN4O4. The highest BCUT2D eigenvalue weighted by atomic mass is 35.5. The van der Waals surface area contributed by atoms with Crippen molar-refractivity contribution in [2.24, 2.45) is 5.73 Å². The third-order valence-corrected chi connectivity index (χ3v) is 3.37. The maximum atomic E-state index is 9.55. The maximum absolute atomic E-state index is 9.55. The van der Waals surface area contributed by atoms with Crippen LogP contribution in [0.5, 0.6) is 0 Å². The molecule has 0 amide bonds. The van der Waals surface area contributed by atoms with E-state index in [9.17, 15) is 9.59 Å². The predicted octanol–water partition coefficient (Wildman–Crippen LogP) is 1.16. The SMILES string of the molecule is CC1(N)CCN(c2cncc(Cl)n2)CC1.O=C(O)C=CC(=O)O. The lowest BCUT2D eigenvalue weighted by Gasteiger charge is -2.37. The number of nitrogens with two attached hydrogens (primary N) is 1. The molecule has 8 nitrogen and oxygen atoms in total. The lowest BCUT2D eigenvalue weighted by molar-refractivity contribution is -0.134. The van der Waals surface area contributed by atoms with Crippen LogP contribution < -0.4 is 10.6 Å². The minimum absolute atomic E-state index is 0.0392. The van der Waals surface area contributed by atoms with Gasteiger partial charge in [-0.15, -0.1) is 0 Å². The number of halogens is 1. The van der Waals surface area contributed by atoms with E-state index in [4.69, 9.17) is 27.5 Å². The van der Waals surface area contributed by atoms with E-state index in [0.29, 0.717) is 17.3 Å². The van der Waals surface area contributed by atoms with Crippen LogP contribution in [-0.2, 0) is 9.59 Å². The Bertz CT molecular complexity index is 566. The second-order valence-corrected chi connectivity index (χ2v) is 5.74. The second kappa shape index (κ2) is 8.44. The fraction of sp³-hybridized carbons (Fsp3) is 0.429. The van der Waals surface area contributed by atoms with Crippen molar-refractivity contribution >= 4 is 29.4 Å². The van der Waals surface area contributed by atoms with Crippen molar-refractivity contribution in [3.8, 4) is 0 Å². The number of rotatable bonds is 3. The van der Waals surface area contributed by atoms with Crippen molar-refractivity contribution in [2.75, 3.05) is 18.0 Å². The first kappa shape index (κ1) is 18.9. The smallest absolute Gasteiger partial charge is 0.328 e. The number of hydrogen-bond acceptors (Lipinski definition) is 6. The molecule has 0 spiro atoms. The quantitative estimate of drug-likeness (QED) is 0.698. The summed E-state index contributed by atoms with van der Waals surface area (Å²) in [5.74, 6) is -1.67. The third-order valence-electron chi connectivity index (χ3n) is 3.19. The van der Waals surface area contributed by atoms with Crippen molar-refractivity contribution in [1.82, 2.24) is 9.97 Å². The molecule has 9 heteroatoms.